The lowest BCUT2D eigenvalue weighted by molar-refractivity contribution is 0.0906. The molecule has 0 rings (SSSR count). The maximum atomic E-state index is 10.7. The van der Waals surface area contributed by atoms with Crippen molar-refractivity contribution in [3.63, 3.8) is 0 Å². The van der Waals surface area contributed by atoms with Crippen molar-refractivity contribution in [1.29, 1.82) is 0 Å². The molecular formula is C23H48O5P. The number of rotatable bonds is 23. The van der Waals surface area contributed by atoms with Gasteiger partial charge < -0.3 is 19.3 Å². The second-order valence-corrected chi connectivity index (χ2v) is 9.87. The maximum absolute atomic E-state index is 10.7. The summed E-state index contributed by atoms with van der Waals surface area (Å²) in [5, 5.41) is 0. The average molecular weight is 436 g/mol. The molecule has 0 spiro atoms. The summed E-state index contributed by atoms with van der Waals surface area (Å²) in [7, 11) is -4.09. The highest BCUT2D eigenvalue weighted by Gasteiger charge is 2.15. The van der Waals surface area contributed by atoms with Crippen LogP contribution in [0.3, 0.4) is 0 Å². The second kappa shape index (κ2) is 21.3. The van der Waals surface area contributed by atoms with Crippen molar-refractivity contribution >= 4 is 7.60 Å². The molecule has 0 saturated heterocycles. The summed E-state index contributed by atoms with van der Waals surface area (Å²) in [6, 6.07) is 0. The van der Waals surface area contributed by atoms with Gasteiger partial charge in [-0.05, 0) is 32.6 Å². The Balaban J connectivity index is 3.12. The third-order valence-electron chi connectivity index (χ3n) is 5.19. The molecule has 1 atom stereocenters. The highest BCUT2D eigenvalue weighted by Crippen LogP contribution is 2.34. The fourth-order valence-electron chi connectivity index (χ4n) is 3.36. The molecule has 1 radical (unpaired) electrons. The zero-order chi connectivity index (χ0) is 21.6. The van der Waals surface area contributed by atoms with Crippen LogP contribution in [-0.2, 0) is 14.0 Å². The highest BCUT2D eigenvalue weighted by molar-refractivity contribution is 7.51. The van der Waals surface area contributed by atoms with E-state index >= 15 is 0 Å². The van der Waals surface area contributed by atoms with Crippen LogP contribution in [0.5, 0.6) is 0 Å². The van der Waals surface area contributed by atoms with Gasteiger partial charge in [0.15, 0.2) is 0 Å². The summed E-state index contributed by atoms with van der Waals surface area (Å²) in [6.07, 6.45) is 20.8. The molecule has 0 fully saturated rings. The topological polar surface area (TPSA) is 76.0 Å². The molecule has 5 nitrogen and oxygen atoms in total. The Labute approximate surface area is 180 Å². The van der Waals surface area contributed by atoms with Gasteiger partial charge in [-0.2, -0.15) is 0 Å². The first-order chi connectivity index (χ1) is 14.0. The van der Waals surface area contributed by atoms with Crippen molar-refractivity contribution in [2.24, 2.45) is 0 Å². The van der Waals surface area contributed by atoms with E-state index in [2.05, 4.69) is 13.8 Å². The highest BCUT2D eigenvalue weighted by atomic mass is 31.2. The summed E-state index contributed by atoms with van der Waals surface area (Å²) in [4.78, 5) is 17.5. The molecule has 0 unspecified atom stereocenters. The Morgan fingerprint density at radius 2 is 1.14 bits per heavy atom. The van der Waals surface area contributed by atoms with Crippen molar-refractivity contribution in [2.45, 2.75) is 122 Å². The first kappa shape index (κ1) is 29.1. The monoisotopic (exact) mass is 435 g/mol. The normalized spacial score (nSPS) is 13.1. The molecule has 2 N–H and O–H groups in total. The first-order valence-electron chi connectivity index (χ1n) is 12.0. The predicted molar refractivity (Wildman–Crippen MR) is 122 cm³/mol. The smallest absolute Gasteiger partial charge is 0.350 e. The molecule has 0 aromatic carbocycles. The summed E-state index contributed by atoms with van der Waals surface area (Å²) in [6.45, 7) is 7.60. The SMILES string of the molecule is [CH2][C@H](CCCCOCCCCCCCCCCCCCCCC)OCP(=O)(O)O. The van der Waals surface area contributed by atoms with E-state index in [1.165, 1.54) is 83.5 Å². The number of hydrogen-bond acceptors (Lipinski definition) is 3. The summed E-state index contributed by atoms with van der Waals surface area (Å²) in [5.41, 5.74) is 0. The lowest BCUT2D eigenvalue weighted by Crippen LogP contribution is -2.10. The van der Waals surface area contributed by atoms with Gasteiger partial charge in [-0.3, -0.25) is 4.57 Å². The minimum absolute atomic E-state index is 0.367. The average Bonchev–Trinajstić information content (AvgIpc) is 2.67. The van der Waals surface area contributed by atoms with Gasteiger partial charge >= 0.3 is 7.60 Å². The van der Waals surface area contributed by atoms with Gasteiger partial charge in [0.2, 0.25) is 0 Å². The molecule has 0 aromatic heterocycles. The van der Waals surface area contributed by atoms with E-state index in [9.17, 15) is 4.57 Å². The lowest BCUT2D eigenvalue weighted by atomic mass is 10.0. The van der Waals surface area contributed by atoms with Gasteiger partial charge in [-0.1, -0.05) is 90.4 Å². The third kappa shape index (κ3) is 26.0. The Kier molecular flexibility index (Phi) is 21.4. The van der Waals surface area contributed by atoms with E-state index in [1.54, 1.807) is 0 Å². The molecule has 6 heteroatoms. The predicted octanol–water partition coefficient (Wildman–Crippen LogP) is 7.01. The molecule has 175 valence electrons. The fourth-order valence-corrected chi connectivity index (χ4v) is 3.77. The molecule has 0 aliphatic rings. The summed E-state index contributed by atoms with van der Waals surface area (Å²) < 4.78 is 21.4. The van der Waals surface area contributed by atoms with Gasteiger partial charge in [0.25, 0.3) is 0 Å². The lowest BCUT2D eigenvalue weighted by Gasteiger charge is -2.13. The Morgan fingerprint density at radius 1 is 0.724 bits per heavy atom. The van der Waals surface area contributed by atoms with E-state index in [-0.39, 0.29) is 6.10 Å². The minimum Gasteiger partial charge on any atom is -0.381 e. The Bertz CT molecular complexity index is 372. The van der Waals surface area contributed by atoms with Gasteiger partial charge in [0.1, 0.15) is 6.35 Å². The van der Waals surface area contributed by atoms with Crippen molar-refractivity contribution in [3.8, 4) is 0 Å². The standard InChI is InChI=1S/C23H48O5P/c1-3-4-5-6-7-8-9-10-11-12-13-14-15-17-20-27-21-18-16-19-23(2)28-22-29(24,25)26/h23H,2-22H2,1H3,(H2,24,25,26)/t23-/m1/s1. The van der Waals surface area contributed by atoms with Crippen molar-refractivity contribution in [2.75, 3.05) is 19.6 Å². The molecular weight excluding hydrogens is 387 g/mol. The maximum Gasteiger partial charge on any atom is 0.350 e. The minimum atomic E-state index is -4.09. The van der Waals surface area contributed by atoms with Gasteiger partial charge in [-0.25, -0.2) is 0 Å². The first-order valence-corrected chi connectivity index (χ1v) is 13.8. The quantitative estimate of drug-likeness (QED) is 0.133. The molecule has 0 amide bonds. The Hall–Kier alpha value is 0.0700. The Morgan fingerprint density at radius 3 is 1.59 bits per heavy atom. The molecule has 0 aliphatic carbocycles. The van der Waals surface area contributed by atoms with Crippen molar-refractivity contribution in [1.82, 2.24) is 0 Å². The van der Waals surface area contributed by atoms with E-state index < -0.39 is 13.9 Å². The summed E-state index contributed by atoms with van der Waals surface area (Å²) in [5.74, 6) is 0. The van der Waals surface area contributed by atoms with Gasteiger partial charge in [0, 0.05) is 13.2 Å². The number of hydrogen-bond donors (Lipinski definition) is 2. The van der Waals surface area contributed by atoms with Crippen LogP contribution in [0.15, 0.2) is 0 Å². The summed E-state index contributed by atoms with van der Waals surface area (Å²) >= 11 is 0. The van der Waals surface area contributed by atoms with Crippen molar-refractivity contribution < 1.29 is 23.8 Å². The molecule has 0 heterocycles. The van der Waals surface area contributed by atoms with Crippen LogP contribution < -0.4 is 0 Å². The van der Waals surface area contributed by atoms with Crippen LogP contribution in [0.4, 0.5) is 0 Å². The van der Waals surface area contributed by atoms with Gasteiger partial charge in [0.05, 0.1) is 6.10 Å². The number of unbranched alkanes of at least 4 members (excludes halogenated alkanes) is 14. The zero-order valence-corrected chi connectivity index (χ0v) is 19.9. The molecule has 0 bridgehead atoms. The van der Waals surface area contributed by atoms with Crippen LogP contribution >= 0.6 is 7.60 Å². The molecule has 0 saturated carbocycles. The second-order valence-electron chi connectivity index (χ2n) is 8.29. The van der Waals surface area contributed by atoms with Crippen LogP contribution in [0.2, 0.25) is 0 Å². The van der Waals surface area contributed by atoms with E-state index in [1.807, 2.05) is 0 Å². The zero-order valence-electron chi connectivity index (χ0n) is 19.0. The van der Waals surface area contributed by atoms with E-state index in [0.717, 1.165) is 32.5 Å². The molecule has 0 aliphatic heterocycles. The largest absolute Gasteiger partial charge is 0.381 e. The van der Waals surface area contributed by atoms with E-state index in [4.69, 9.17) is 19.3 Å². The molecule has 0 aromatic rings. The van der Waals surface area contributed by atoms with E-state index in [0.29, 0.717) is 6.42 Å². The number of ether oxygens (including phenoxy) is 2. The van der Waals surface area contributed by atoms with Gasteiger partial charge in [-0.15, -0.1) is 0 Å². The molecule has 29 heavy (non-hydrogen) atoms. The van der Waals surface area contributed by atoms with Crippen LogP contribution in [0.1, 0.15) is 116 Å². The van der Waals surface area contributed by atoms with Crippen molar-refractivity contribution in [3.05, 3.63) is 6.92 Å². The third-order valence-corrected chi connectivity index (χ3v) is 5.67. The van der Waals surface area contributed by atoms with Crippen LogP contribution in [-0.4, -0.2) is 35.5 Å². The van der Waals surface area contributed by atoms with Crippen LogP contribution in [0.25, 0.3) is 0 Å². The van der Waals surface area contributed by atoms with Crippen LogP contribution in [0, 0.1) is 6.92 Å². The fraction of sp³-hybridized carbons (Fsp3) is 0.957.